The van der Waals surface area contributed by atoms with Gasteiger partial charge in [0.1, 0.15) is 5.82 Å². The average Bonchev–Trinajstić information content (AvgIpc) is 2.69. The smallest absolute Gasteiger partial charge is 0.292 e. The van der Waals surface area contributed by atoms with Crippen molar-refractivity contribution in [2.45, 2.75) is 0 Å². The Morgan fingerprint density at radius 3 is 2.15 bits per heavy atom. The Kier molecular flexibility index (Phi) is 5.24. The van der Waals surface area contributed by atoms with Crippen LogP contribution in [0.1, 0.15) is 10.4 Å². The number of amides is 2. The standard InChI is InChI=1S/C18H15N5O4/c24-12-22(15-11-16(25)20-18(27)19-15)21-23(14-9-5-2-6-10-14)17(26)13-7-3-1-4-8-13/h1-12,21H,(H2,19,20,25,27). The molecule has 2 aromatic carbocycles. The third-order valence-electron chi connectivity index (χ3n) is 3.56. The summed E-state index contributed by atoms with van der Waals surface area (Å²) in [6.45, 7) is 0. The third-order valence-corrected chi connectivity index (χ3v) is 3.56. The number of hydrazine groups is 2. The number of carbonyl (C=O) groups is 2. The topological polar surface area (TPSA) is 118 Å². The van der Waals surface area contributed by atoms with Gasteiger partial charge in [0.05, 0.1) is 5.69 Å². The Morgan fingerprint density at radius 2 is 1.56 bits per heavy atom. The summed E-state index contributed by atoms with van der Waals surface area (Å²) in [6.07, 6.45) is 0.332. The molecule has 0 saturated carbocycles. The largest absolute Gasteiger partial charge is 0.327 e. The quantitative estimate of drug-likeness (QED) is 0.441. The molecule has 0 spiro atoms. The van der Waals surface area contributed by atoms with E-state index in [1.807, 2.05) is 4.98 Å². The average molecular weight is 365 g/mol. The number of hydrogen-bond acceptors (Lipinski definition) is 5. The number of rotatable bonds is 6. The number of H-pyrrole nitrogens is 2. The molecular weight excluding hydrogens is 350 g/mol. The molecule has 9 heteroatoms. The number of carbonyl (C=O) groups excluding carboxylic acids is 2. The highest BCUT2D eigenvalue weighted by molar-refractivity contribution is 6.05. The van der Waals surface area contributed by atoms with Crippen molar-refractivity contribution in [2.75, 3.05) is 10.0 Å². The fraction of sp³-hybridized carbons (Fsp3) is 0. The minimum absolute atomic E-state index is 0.124. The molecule has 1 heterocycles. The van der Waals surface area contributed by atoms with Crippen LogP contribution in [0.3, 0.4) is 0 Å². The van der Waals surface area contributed by atoms with Gasteiger partial charge < -0.3 is 0 Å². The monoisotopic (exact) mass is 365 g/mol. The van der Waals surface area contributed by atoms with E-state index in [-0.39, 0.29) is 5.82 Å². The number of aromatic amines is 2. The van der Waals surface area contributed by atoms with Crippen molar-refractivity contribution in [3.63, 3.8) is 0 Å². The Bertz CT molecular complexity index is 1020. The zero-order valence-corrected chi connectivity index (χ0v) is 14.0. The maximum atomic E-state index is 12.9. The van der Waals surface area contributed by atoms with E-state index in [4.69, 9.17) is 0 Å². The normalized spacial score (nSPS) is 10.2. The van der Waals surface area contributed by atoms with Crippen molar-refractivity contribution < 1.29 is 9.59 Å². The van der Waals surface area contributed by atoms with Gasteiger partial charge in [0, 0.05) is 11.6 Å². The van der Waals surface area contributed by atoms with Crippen LogP contribution in [0, 0.1) is 0 Å². The highest BCUT2D eigenvalue weighted by atomic mass is 16.2. The lowest BCUT2D eigenvalue weighted by Gasteiger charge is -2.28. The van der Waals surface area contributed by atoms with E-state index in [0.717, 1.165) is 16.1 Å². The lowest BCUT2D eigenvalue weighted by molar-refractivity contribution is -0.108. The first-order chi connectivity index (χ1) is 13.1. The molecule has 0 radical (unpaired) electrons. The Hall–Kier alpha value is -3.98. The van der Waals surface area contributed by atoms with Gasteiger partial charge >= 0.3 is 5.69 Å². The second-order valence-electron chi connectivity index (χ2n) is 5.39. The molecule has 2 amide bonds. The molecule has 3 aromatic rings. The van der Waals surface area contributed by atoms with Gasteiger partial charge in [0.15, 0.2) is 0 Å². The van der Waals surface area contributed by atoms with Gasteiger partial charge in [-0.2, -0.15) is 0 Å². The molecular formula is C18H15N5O4. The molecule has 0 atom stereocenters. The summed E-state index contributed by atoms with van der Waals surface area (Å²) in [5.41, 5.74) is 1.96. The lowest BCUT2D eigenvalue weighted by atomic mass is 10.2. The third kappa shape index (κ3) is 4.17. The Morgan fingerprint density at radius 1 is 0.926 bits per heavy atom. The van der Waals surface area contributed by atoms with Crippen LogP contribution in [0.25, 0.3) is 0 Å². The molecule has 136 valence electrons. The number of nitrogens with one attached hydrogen (secondary N) is 3. The molecule has 3 rings (SSSR count). The summed E-state index contributed by atoms with van der Waals surface area (Å²) in [7, 11) is 0. The van der Waals surface area contributed by atoms with E-state index in [0.29, 0.717) is 17.7 Å². The van der Waals surface area contributed by atoms with E-state index in [9.17, 15) is 19.2 Å². The number of benzene rings is 2. The van der Waals surface area contributed by atoms with Crippen LogP contribution < -0.4 is 26.8 Å². The summed E-state index contributed by atoms with van der Waals surface area (Å²) < 4.78 is 0. The molecule has 0 saturated heterocycles. The summed E-state index contributed by atoms with van der Waals surface area (Å²) in [5, 5.41) is 1.95. The summed E-state index contributed by atoms with van der Waals surface area (Å²) in [5.74, 6) is -0.568. The number of hydrogen-bond donors (Lipinski definition) is 3. The van der Waals surface area contributed by atoms with Gasteiger partial charge in [-0.05, 0) is 24.3 Å². The van der Waals surface area contributed by atoms with Gasteiger partial charge in [0.2, 0.25) is 6.41 Å². The molecule has 0 bridgehead atoms. The van der Waals surface area contributed by atoms with E-state index in [1.165, 1.54) is 0 Å². The molecule has 0 fully saturated rings. The number of nitrogens with zero attached hydrogens (tertiary/aromatic N) is 2. The predicted molar refractivity (Wildman–Crippen MR) is 99.1 cm³/mol. The number of anilines is 2. The van der Waals surface area contributed by atoms with E-state index in [2.05, 4.69) is 10.5 Å². The molecule has 3 N–H and O–H groups in total. The summed E-state index contributed by atoms with van der Waals surface area (Å²) >= 11 is 0. The van der Waals surface area contributed by atoms with Crippen LogP contribution in [0.4, 0.5) is 11.5 Å². The Balaban J connectivity index is 2.00. The minimum atomic E-state index is -0.785. The number of para-hydroxylation sites is 1. The van der Waals surface area contributed by atoms with Crippen molar-refractivity contribution in [2.24, 2.45) is 0 Å². The van der Waals surface area contributed by atoms with Gasteiger partial charge in [-0.1, -0.05) is 36.4 Å². The molecule has 9 nitrogen and oxygen atoms in total. The SMILES string of the molecule is O=CN(NN(C(=O)c1ccccc1)c1ccccc1)c1cc(=O)[nH]c(=O)[nH]1. The van der Waals surface area contributed by atoms with Gasteiger partial charge in [-0.3, -0.25) is 24.4 Å². The van der Waals surface area contributed by atoms with Crippen molar-refractivity contribution in [1.29, 1.82) is 0 Å². The van der Waals surface area contributed by atoms with Crippen LogP contribution in [0.2, 0.25) is 0 Å². The molecule has 0 aliphatic heterocycles. The second-order valence-corrected chi connectivity index (χ2v) is 5.39. The summed E-state index contributed by atoms with van der Waals surface area (Å²) in [6, 6.07) is 18.0. The fourth-order valence-corrected chi connectivity index (χ4v) is 2.33. The molecule has 27 heavy (non-hydrogen) atoms. The Labute approximate surface area is 152 Å². The van der Waals surface area contributed by atoms with E-state index in [1.54, 1.807) is 60.7 Å². The maximum absolute atomic E-state index is 12.9. The van der Waals surface area contributed by atoms with Crippen LogP contribution in [0.15, 0.2) is 76.3 Å². The highest BCUT2D eigenvalue weighted by Crippen LogP contribution is 2.16. The van der Waals surface area contributed by atoms with Crippen molar-refractivity contribution in [3.8, 4) is 0 Å². The van der Waals surface area contributed by atoms with Crippen molar-refractivity contribution in [3.05, 3.63) is 93.1 Å². The van der Waals surface area contributed by atoms with Crippen LogP contribution in [0.5, 0.6) is 0 Å². The van der Waals surface area contributed by atoms with Crippen molar-refractivity contribution >= 4 is 23.8 Å². The van der Waals surface area contributed by atoms with Gasteiger partial charge in [0.25, 0.3) is 11.5 Å². The van der Waals surface area contributed by atoms with Gasteiger partial charge in [-0.15, -0.1) is 5.53 Å². The zero-order chi connectivity index (χ0) is 19.2. The first-order valence-corrected chi connectivity index (χ1v) is 7.87. The maximum Gasteiger partial charge on any atom is 0.327 e. The molecule has 0 aliphatic carbocycles. The minimum Gasteiger partial charge on any atom is -0.292 e. The highest BCUT2D eigenvalue weighted by Gasteiger charge is 2.21. The first kappa shape index (κ1) is 17.8. The predicted octanol–water partition coefficient (Wildman–Crippen LogP) is 0.793. The molecule has 0 unspecified atom stereocenters. The lowest BCUT2D eigenvalue weighted by Crippen LogP contribution is -2.53. The summed E-state index contributed by atoms with van der Waals surface area (Å²) in [4.78, 5) is 51.8. The van der Waals surface area contributed by atoms with E-state index < -0.39 is 17.2 Å². The second kappa shape index (κ2) is 7.93. The molecule has 0 aliphatic rings. The fourth-order valence-electron chi connectivity index (χ4n) is 2.33. The van der Waals surface area contributed by atoms with Crippen LogP contribution in [-0.2, 0) is 4.79 Å². The first-order valence-electron chi connectivity index (χ1n) is 7.87. The van der Waals surface area contributed by atoms with E-state index >= 15 is 0 Å². The van der Waals surface area contributed by atoms with Gasteiger partial charge in [-0.25, -0.2) is 14.8 Å². The molecule has 1 aromatic heterocycles. The number of aromatic nitrogens is 2. The zero-order valence-electron chi connectivity index (χ0n) is 14.0. The van der Waals surface area contributed by atoms with Crippen LogP contribution in [-0.4, -0.2) is 22.3 Å². The van der Waals surface area contributed by atoms with Crippen LogP contribution >= 0.6 is 0 Å². The van der Waals surface area contributed by atoms with Crippen molar-refractivity contribution in [1.82, 2.24) is 15.5 Å².